The average Bonchev–Trinajstić information content (AvgIpc) is 2.35. The first-order chi connectivity index (χ1) is 8.18. The molecule has 1 heteroatoms. The van der Waals surface area contributed by atoms with Gasteiger partial charge in [0.1, 0.15) is 0 Å². The molecule has 0 saturated carbocycles. The van der Waals surface area contributed by atoms with Crippen molar-refractivity contribution in [2.45, 2.75) is 26.8 Å². The van der Waals surface area contributed by atoms with Crippen molar-refractivity contribution < 1.29 is 0 Å². The number of hydrogen-bond acceptors (Lipinski definition) is 1. The predicted molar refractivity (Wildman–Crippen MR) is 75.7 cm³/mol. The van der Waals surface area contributed by atoms with Crippen molar-refractivity contribution in [1.82, 2.24) is 0 Å². The van der Waals surface area contributed by atoms with Crippen molar-refractivity contribution in [1.29, 1.82) is 0 Å². The maximum atomic E-state index is 4.62. The summed E-state index contributed by atoms with van der Waals surface area (Å²) in [6.45, 7) is 6.46. The van der Waals surface area contributed by atoms with Gasteiger partial charge in [0, 0.05) is 6.21 Å². The Morgan fingerprint density at radius 3 is 2.41 bits per heavy atom. The molecule has 0 spiro atoms. The fourth-order valence-electron chi connectivity index (χ4n) is 2.00. The van der Waals surface area contributed by atoms with Crippen LogP contribution in [0.2, 0.25) is 0 Å². The number of hydrogen-bond donors (Lipinski definition) is 0. The van der Waals surface area contributed by atoms with Gasteiger partial charge in [0.2, 0.25) is 0 Å². The number of benzene rings is 2. The lowest BCUT2D eigenvalue weighted by molar-refractivity contribution is 0.806. The van der Waals surface area contributed by atoms with Gasteiger partial charge in [-0.05, 0) is 29.2 Å². The summed E-state index contributed by atoms with van der Waals surface area (Å²) in [5, 5.41) is 2.60. The lowest BCUT2D eigenvalue weighted by Gasteiger charge is -2.11. The van der Waals surface area contributed by atoms with Crippen LogP contribution >= 0.6 is 0 Å². The molecule has 0 amide bonds. The van der Waals surface area contributed by atoms with E-state index in [9.17, 15) is 0 Å². The molecule has 0 fully saturated rings. The van der Waals surface area contributed by atoms with E-state index in [2.05, 4.69) is 68.2 Å². The molecule has 0 radical (unpaired) electrons. The summed E-state index contributed by atoms with van der Waals surface area (Å²) in [6, 6.07) is 15.1. The SMILES string of the molecule is CC(C)C=NC(C)c1cccc2ccccc12. The molecule has 0 bridgehead atoms. The predicted octanol–water partition coefficient (Wildman–Crippen LogP) is 4.63. The van der Waals surface area contributed by atoms with Gasteiger partial charge in [-0.2, -0.15) is 0 Å². The zero-order chi connectivity index (χ0) is 12.3. The minimum atomic E-state index is 0.225. The van der Waals surface area contributed by atoms with Gasteiger partial charge in [-0.3, -0.25) is 4.99 Å². The lowest BCUT2D eigenvalue weighted by atomic mass is 10.00. The summed E-state index contributed by atoms with van der Waals surface area (Å²) >= 11 is 0. The minimum absolute atomic E-state index is 0.225. The Morgan fingerprint density at radius 1 is 0.941 bits per heavy atom. The molecule has 88 valence electrons. The third-order valence-electron chi connectivity index (χ3n) is 2.88. The Hall–Kier alpha value is -1.63. The summed E-state index contributed by atoms with van der Waals surface area (Å²) in [6.07, 6.45) is 2.03. The third kappa shape index (κ3) is 2.73. The Balaban J connectivity index is 2.41. The fourth-order valence-corrected chi connectivity index (χ4v) is 2.00. The molecule has 1 unspecified atom stereocenters. The van der Waals surface area contributed by atoms with Crippen molar-refractivity contribution in [3.63, 3.8) is 0 Å². The number of rotatable bonds is 3. The largest absolute Gasteiger partial charge is 0.289 e. The van der Waals surface area contributed by atoms with Crippen LogP contribution in [0.3, 0.4) is 0 Å². The van der Waals surface area contributed by atoms with Gasteiger partial charge in [0.05, 0.1) is 6.04 Å². The van der Waals surface area contributed by atoms with Gasteiger partial charge in [0.25, 0.3) is 0 Å². The average molecular weight is 225 g/mol. The van der Waals surface area contributed by atoms with Crippen LogP contribution in [-0.4, -0.2) is 6.21 Å². The second-order valence-corrected chi connectivity index (χ2v) is 4.79. The summed E-state index contributed by atoms with van der Waals surface area (Å²) < 4.78 is 0. The Bertz CT molecular complexity index is 521. The van der Waals surface area contributed by atoms with Crippen LogP contribution in [0.5, 0.6) is 0 Å². The van der Waals surface area contributed by atoms with Crippen molar-refractivity contribution in [3.05, 3.63) is 48.0 Å². The second-order valence-electron chi connectivity index (χ2n) is 4.79. The molecular formula is C16H19N. The van der Waals surface area contributed by atoms with Crippen LogP contribution in [0.15, 0.2) is 47.5 Å². The maximum absolute atomic E-state index is 4.62. The van der Waals surface area contributed by atoms with Crippen LogP contribution in [0.4, 0.5) is 0 Å². The Kier molecular flexibility index (Phi) is 3.58. The highest BCUT2D eigenvalue weighted by Crippen LogP contribution is 2.26. The highest BCUT2D eigenvalue weighted by atomic mass is 14.8. The first-order valence-electron chi connectivity index (χ1n) is 6.19. The lowest BCUT2D eigenvalue weighted by Crippen LogP contribution is -1.95. The first-order valence-corrected chi connectivity index (χ1v) is 6.19. The van der Waals surface area contributed by atoms with E-state index in [-0.39, 0.29) is 6.04 Å². The van der Waals surface area contributed by atoms with Crippen LogP contribution in [0, 0.1) is 5.92 Å². The molecule has 2 aromatic rings. The topological polar surface area (TPSA) is 12.4 Å². The smallest absolute Gasteiger partial charge is 0.0723 e. The summed E-state index contributed by atoms with van der Waals surface area (Å²) in [4.78, 5) is 4.62. The zero-order valence-electron chi connectivity index (χ0n) is 10.7. The number of nitrogens with zero attached hydrogens (tertiary/aromatic N) is 1. The maximum Gasteiger partial charge on any atom is 0.0723 e. The normalized spacial score (nSPS) is 13.6. The molecular weight excluding hydrogens is 206 g/mol. The molecule has 2 aromatic carbocycles. The van der Waals surface area contributed by atoms with Gasteiger partial charge in [0.15, 0.2) is 0 Å². The molecule has 0 saturated heterocycles. The minimum Gasteiger partial charge on any atom is -0.289 e. The number of fused-ring (bicyclic) bond motifs is 1. The van der Waals surface area contributed by atoms with E-state index >= 15 is 0 Å². The highest BCUT2D eigenvalue weighted by molar-refractivity contribution is 5.86. The van der Waals surface area contributed by atoms with E-state index in [0.29, 0.717) is 5.92 Å². The molecule has 1 nitrogen and oxygen atoms in total. The molecule has 2 rings (SSSR count). The molecule has 0 N–H and O–H groups in total. The van der Waals surface area contributed by atoms with Gasteiger partial charge in [-0.15, -0.1) is 0 Å². The van der Waals surface area contributed by atoms with E-state index in [1.807, 2.05) is 6.21 Å². The van der Waals surface area contributed by atoms with Crippen LogP contribution in [-0.2, 0) is 0 Å². The second kappa shape index (κ2) is 5.13. The molecule has 0 aliphatic heterocycles. The zero-order valence-corrected chi connectivity index (χ0v) is 10.7. The van der Waals surface area contributed by atoms with Gasteiger partial charge in [-0.1, -0.05) is 56.3 Å². The van der Waals surface area contributed by atoms with Crippen molar-refractivity contribution in [2.24, 2.45) is 10.9 Å². The van der Waals surface area contributed by atoms with E-state index in [0.717, 1.165) is 0 Å². The summed E-state index contributed by atoms with van der Waals surface area (Å²) in [5.74, 6) is 0.507. The van der Waals surface area contributed by atoms with Crippen molar-refractivity contribution in [3.8, 4) is 0 Å². The van der Waals surface area contributed by atoms with Crippen LogP contribution < -0.4 is 0 Å². The fraction of sp³-hybridized carbons (Fsp3) is 0.312. The van der Waals surface area contributed by atoms with Crippen molar-refractivity contribution in [2.75, 3.05) is 0 Å². The first kappa shape index (κ1) is 11.8. The molecule has 1 atom stereocenters. The molecule has 17 heavy (non-hydrogen) atoms. The molecule has 0 aliphatic carbocycles. The van der Waals surface area contributed by atoms with Gasteiger partial charge >= 0.3 is 0 Å². The number of aliphatic imine (C=N–C) groups is 1. The van der Waals surface area contributed by atoms with E-state index < -0.39 is 0 Å². The molecule has 0 aromatic heterocycles. The molecule has 0 heterocycles. The third-order valence-corrected chi connectivity index (χ3v) is 2.88. The van der Waals surface area contributed by atoms with Crippen LogP contribution in [0.1, 0.15) is 32.4 Å². The Morgan fingerprint density at radius 2 is 1.65 bits per heavy atom. The van der Waals surface area contributed by atoms with E-state index in [1.54, 1.807) is 0 Å². The van der Waals surface area contributed by atoms with E-state index in [4.69, 9.17) is 0 Å². The standard InChI is InChI=1S/C16H19N/c1-12(2)11-17-13(3)15-10-6-8-14-7-4-5-9-16(14)15/h4-13H,1-3H3. The monoisotopic (exact) mass is 225 g/mol. The summed E-state index contributed by atoms with van der Waals surface area (Å²) in [7, 11) is 0. The Labute approximate surface area is 103 Å². The van der Waals surface area contributed by atoms with Crippen molar-refractivity contribution >= 4 is 17.0 Å². The quantitative estimate of drug-likeness (QED) is 0.675. The van der Waals surface area contributed by atoms with Crippen LogP contribution in [0.25, 0.3) is 10.8 Å². The highest BCUT2D eigenvalue weighted by Gasteiger charge is 2.06. The molecule has 0 aliphatic rings. The van der Waals surface area contributed by atoms with Gasteiger partial charge < -0.3 is 0 Å². The summed E-state index contributed by atoms with van der Waals surface area (Å²) in [5.41, 5.74) is 1.31. The van der Waals surface area contributed by atoms with E-state index in [1.165, 1.54) is 16.3 Å². The van der Waals surface area contributed by atoms with Gasteiger partial charge in [-0.25, -0.2) is 0 Å².